The van der Waals surface area contributed by atoms with E-state index in [1.165, 1.54) is 22.7 Å². The predicted molar refractivity (Wildman–Crippen MR) is 115 cm³/mol. The molecule has 3 heterocycles. The Bertz CT molecular complexity index is 1040. The minimum Gasteiger partial charge on any atom is -0.300 e. The molecule has 0 saturated heterocycles. The van der Waals surface area contributed by atoms with Crippen LogP contribution in [0.2, 0.25) is 0 Å². The van der Waals surface area contributed by atoms with Gasteiger partial charge in [-0.2, -0.15) is 0 Å². The number of thiazole rings is 1. The second kappa shape index (κ2) is 9.46. The first-order chi connectivity index (χ1) is 14.3. The van der Waals surface area contributed by atoms with Crippen LogP contribution < -0.4 is 10.6 Å². The molecule has 0 bridgehead atoms. The molecule has 0 aliphatic rings. The summed E-state index contributed by atoms with van der Waals surface area (Å²) in [4.78, 5) is 21.2. The number of carbonyl (C=O) groups excluding carboxylic acids is 1. The van der Waals surface area contributed by atoms with Crippen molar-refractivity contribution >= 4 is 33.7 Å². The van der Waals surface area contributed by atoms with Crippen molar-refractivity contribution in [2.75, 3.05) is 5.32 Å². The fraction of sp³-hybridized carbons (Fsp3) is 0.150. The summed E-state index contributed by atoms with van der Waals surface area (Å²) in [5.41, 5.74) is 4.69. The minimum absolute atomic E-state index is 0.151. The van der Waals surface area contributed by atoms with Gasteiger partial charge in [-0.25, -0.2) is 4.98 Å². The number of hydrogen-bond acceptors (Lipinski definition) is 8. The van der Waals surface area contributed by atoms with Crippen molar-refractivity contribution in [3.63, 3.8) is 0 Å². The SMILES string of the molecule is O=C(Nc1nnc(-c2ccncc2)s1)C(Cc1ccccc1)NCc1cscn1. The lowest BCUT2D eigenvalue weighted by Crippen LogP contribution is -2.41. The van der Waals surface area contributed by atoms with Crippen LogP contribution in [0.4, 0.5) is 5.13 Å². The molecule has 1 amide bonds. The maximum atomic E-state index is 13.0. The van der Waals surface area contributed by atoms with Crippen molar-refractivity contribution < 1.29 is 4.79 Å². The number of pyridine rings is 1. The molecule has 4 rings (SSSR count). The number of anilines is 1. The highest BCUT2D eigenvalue weighted by Gasteiger charge is 2.20. The van der Waals surface area contributed by atoms with E-state index in [4.69, 9.17) is 0 Å². The van der Waals surface area contributed by atoms with Gasteiger partial charge in [0.05, 0.1) is 17.2 Å². The van der Waals surface area contributed by atoms with E-state index < -0.39 is 6.04 Å². The molecule has 9 heteroatoms. The zero-order valence-electron chi connectivity index (χ0n) is 15.4. The van der Waals surface area contributed by atoms with Crippen LogP contribution in [0.15, 0.2) is 65.7 Å². The van der Waals surface area contributed by atoms with E-state index in [0.29, 0.717) is 18.1 Å². The second-order valence-electron chi connectivity index (χ2n) is 6.24. The second-order valence-corrected chi connectivity index (χ2v) is 7.94. The molecule has 1 atom stereocenters. The Labute approximate surface area is 175 Å². The van der Waals surface area contributed by atoms with Crippen molar-refractivity contribution in [2.45, 2.75) is 19.0 Å². The van der Waals surface area contributed by atoms with Gasteiger partial charge >= 0.3 is 0 Å². The predicted octanol–water partition coefficient (Wildman–Crippen LogP) is 3.40. The van der Waals surface area contributed by atoms with Gasteiger partial charge in [0.15, 0.2) is 0 Å². The standard InChI is InChI=1S/C20H18N6OS2/c27-18(24-20-26-25-19(29-20)15-6-8-21-9-7-15)17(10-14-4-2-1-3-5-14)22-11-16-12-28-13-23-16/h1-9,12-13,17,22H,10-11H2,(H,24,26,27). The van der Waals surface area contributed by atoms with Gasteiger partial charge in [-0.1, -0.05) is 41.7 Å². The lowest BCUT2D eigenvalue weighted by Gasteiger charge is -2.17. The van der Waals surface area contributed by atoms with Gasteiger partial charge in [0.25, 0.3) is 0 Å². The Hall–Kier alpha value is -3.01. The summed E-state index contributed by atoms with van der Waals surface area (Å²) in [5, 5.41) is 17.6. The molecule has 146 valence electrons. The largest absolute Gasteiger partial charge is 0.300 e. The third kappa shape index (κ3) is 5.29. The molecule has 0 spiro atoms. The molecule has 4 aromatic rings. The molecule has 0 saturated carbocycles. The highest BCUT2D eigenvalue weighted by atomic mass is 32.1. The molecular formula is C20H18N6OS2. The molecule has 1 unspecified atom stereocenters. The first kappa shape index (κ1) is 19.3. The summed E-state index contributed by atoms with van der Waals surface area (Å²) in [6.45, 7) is 0.521. The number of nitrogens with zero attached hydrogens (tertiary/aromatic N) is 4. The highest BCUT2D eigenvalue weighted by Crippen LogP contribution is 2.25. The smallest absolute Gasteiger partial charge is 0.243 e. The van der Waals surface area contributed by atoms with Gasteiger partial charge in [0.2, 0.25) is 11.0 Å². The average molecular weight is 423 g/mol. The molecule has 2 N–H and O–H groups in total. The molecule has 7 nitrogen and oxygen atoms in total. The van der Waals surface area contributed by atoms with E-state index in [2.05, 4.69) is 30.8 Å². The topological polar surface area (TPSA) is 92.7 Å². The van der Waals surface area contributed by atoms with Crippen LogP contribution in [0.1, 0.15) is 11.3 Å². The Morgan fingerprint density at radius 1 is 1.07 bits per heavy atom. The maximum Gasteiger partial charge on any atom is 0.243 e. The average Bonchev–Trinajstić information content (AvgIpc) is 3.45. The number of nitrogens with one attached hydrogen (secondary N) is 2. The van der Waals surface area contributed by atoms with Crippen LogP contribution in [0.5, 0.6) is 0 Å². The molecule has 0 fully saturated rings. The highest BCUT2D eigenvalue weighted by molar-refractivity contribution is 7.18. The lowest BCUT2D eigenvalue weighted by atomic mass is 10.1. The molecule has 0 aliphatic heterocycles. The molecule has 0 aliphatic carbocycles. The van der Waals surface area contributed by atoms with Crippen LogP contribution in [0.25, 0.3) is 10.6 Å². The fourth-order valence-electron chi connectivity index (χ4n) is 2.74. The van der Waals surface area contributed by atoms with Gasteiger partial charge in [0.1, 0.15) is 5.01 Å². The lowest BCUT2D eigenvalue weighted by molar-refractivity contribution is -0.118. The van der Waals surface area contributed by atoms with Gasteiger partial charge in [-0.05, 0) is 24.1 Å². The molecule has 0 radical (unpaired) electrons. The number of aromatic nitrogens is 4. The van der Waals surface area contributed by atoms with Crippen molar-refractivity contribution in [3.05, 3.63) is 77.0 Å². The molecular weight excluding hydrogens is 404 g/mol. The summed E-state index contributed by atoms with van der Waals surface area (Å²) in [6, 6.07) is 13.2. The van der Waals surface area contributed by atoms with Gasteiger partial charge < -0.3 is 0 Å². The number of hydrogen-bond donors (Lipinski definition) is 2. The number of benzene rings is 1. The van der Waals surface area contributed by atoms with Crippen molar-refractivity contribution in [1.82, 2.24) is 25.5 Å². The Morgan fingerprint density at radius 3 is 2.66 bits per heavy atom. The van der Waals surface area contributed by atoms with Gasteiger partial charge in [-0.15, -0.1) is 21.5 Å². The van der Waals surface area contributed by atoms with Crippen molar-refractivity contribution in [1.29, 1.82) is 0 Å². The Kier molecular flexibility index (Phi) is 6.30. The molecule has 3 aromatic heterocycles. The van der Waals surface area contributed by atoms with Gasteiger partial charge in [0, 0.05) is 29.9 Å². The van der Waals surface area contributed by atoms with Crippen LogP contribution in [0, 0.1) is 0 Å². The molecule has 29 heavy (non-hydrogen) atoms. The monoisotopic (exact) mass is 422 g/mol. The Balaban J connectivity index is 1.46. The van der Waals surface area contributed by atoms with Crippen LogP contribution in [0.3, 0.4) is 0 Å². The maximum absolute atomic E-state index is 13.0. The van der Waals surface area contributed by atoms with E-state index in [-0.39, 0.29) is 5.91 Å². The zero-order valence-corrected chi connectivity index (χ0v) is 17.0. The van der Waals surface area contributed by atoms with Crippen LogP contribution in [-0.4, -0.2) is 32.1 Å². The van der Waals surface area contributed by atoms with E-state index in [0.717, 1.165) is 21.8 Å². The summed E-state index contributed by atoms with van der Waals surface area (Å²) in [6.07, 6.45) is 3.97. The van der Waals surface area contributed by atoms with E-state index >= 15 is 0 Å². The summed E-state index contributed by atoms with van der Waals surface area (Å²) in [7, 11) is 0. The third-order valence-corrected chi connectivity index (χ3v) is 5.72. The first-order valence-corrected chi connectivity index (χ1v) is 10.7. The zero-order chi connectivity index (χ0) is 19.9. The van der Waals surface area contributed by atoms with Crippen LogP contribution in [-0.2, 0) is 17.8 Å². The van der Waals surface area contributed by atoms with Crippen molar-refractivity contribution in [2.24, 2.45) is 0 Å². The first-order valence-electron chi connectivity index (χ1n) is 8.97. The molecule has 1 aromatic carbocycles. The number of carbonyl (C=O) groups is 1. The third-order valence-electron chi connectivity index (χ3n) is 4.19. The van der Waals surface area contributed by atoms with E-state index in [1.54, 1.807) is 17.9 Å². The minimum atomic E-state index is -0.424. The summed E-state index contributed by atoms with van der Waals surface area (Å²) < 4.78 is 0. The summed E-state index contributed by atoms with van der Waals surface area (Å²) >= 11 is 2.87. The van der Waals surface area contributed by atoms with Gasteiger partial charge in [-0.3, -0.25) is 20.4 Å². The Morgan fingerprint density at radius 2 is 1.90 bits per heavy atom. The van der Waals surface area contributed by atoms with Crippen molar-refractivity contribution in [3.8, 4) is 10.6 Å². The normalized spacial score (nSPS) is 11.9. The number of amides is 1. The van der Waals surface area contributed by atoms with E-state index in [9.17, 15) is 4.79 Å². The fourth-order valence-corrected chi connectivity index (χ4v) is 4.05. The van der Waals surface area contributed by atoms with E-state index in [1.807, 2.05) is 47.8 Å². The number of rotatable bonds is 8. The van der Waals surface area contributed by atoms with Crippen LogP contribution >= 0.6 is 22.7 Å². The summed E-state index contributed by atoms with van der Waals surface area (Å²) in [5.74, 6) is -0.151. The quantitative estimate of drug-likeness (QED) is 0.452.